The van der Waals surface area contributed by atoms with Crippen molar-refractivity contribution in [3.05, 3.63) is 10.1 Å². The zero-order valence-corrected chi connectivity index (χ0v) is 13.0. The Bertz CT molecular complexity index is 464. The molecule has 0 unspecified atom stereocenters. The van der Waals surface area contributed by atoms with Crippen LogP contribution in [0.4, 0.5) is 0 Å². The van der Waals surface area contributed by atoms with E-state index in [9.17, 15) is 24.5 Å². The first-order valence-corrected chi connectivity index (χ1v) is 7.37. The van der Waals surface area contributed by atoms with Crippen molar-refractivity contribution in [2.45, 2.75) is 39.7 Å². The van der Waals surface area contributed by atoms with Gasteiger partial charge in [0, 0.05) is 29.7 Å². The molecule has 1 aliphatic carbocycles. The van der Waals surface area contributed by atoms with Crippen LogP contribution in [0.1, 0.15) is 33.6 Å². The number of carbonyl (C=O) groups excluding carboxylic acids is 3. The fourth-order valence-electron chi connectivity index (χ4n) is 2.80. The summed E-state index contributed by atoms with van der Waals surface area (Å²) in [5.41, 5.74) is 0. The molecule has 0 aromatic rings. The van der Waals surface area contributed by atoms with E-state index in [1.807, 2.05) is 0 Å². The van der Waals surface area contributed by atoms with Crippen molar-refractivity contribution >= 4 is 17.7 Å². The SMILES string of the molecule is CCNC(=O)[C@H](C)OC(=O)C[C@@H]1C(=O)C[C@@H](C)[C@H]1C[N+](=O)[O-]. The van der Waals surface area contributed by atoms with Crippen molar-refractivity contribution in [2.75, 3.05) is 13.1 Å². The molecular formula is C14H22N2O6. The lowest BCUT2D eigenvalue weighted by Gasteiger charge is -2.18. The zero-order chi connectivity index (χ0) is 16.9. The number of nitrogens with zero attached hydrogens (tertiary/aromatic N) is 1. The minimum atomic E-state index is -0.949. The highest BCUT2D eigenvalue weighted by Gasteiger charge is 2.44. The number of rotatable bonds is 7. The van der Waals surface area contributed by atoms with Crippen LogP contribution in [0, 0.1) is 27.9 Å². The maximum absolute atomic E-state index is 11.9. The van der Waals surface area contributed by atoms with Gasteiger partial charge in [-0.2, -0.15) is 0 Å². The number of nitro groups is 1. The van der Waals surface area contributed by atoms with E-state index in [4.69, 9.17) is 4.74 Å². The van der Waals surface area contributed by atoms with Crippen LogP contribution in [0.15, 0.2) is 0 Å². The minimum Gasteiger partial charge on any atom is -0.453 e. The Morgan fingerprint density at radius 3 is 2.68 bits per heavy atom. The summed E-state index contributed by atoms with van der Waals surface area (Å²) < 4.78 is 4.99. The fourth-order valence-corrected chi connectivity index (χ4v) is 2.80. The third-order valence-electron chi connectivity index (χ3n) is 3.96. The van der Waals surface area contributed by atoms with Gasteiger partial charge < -0.3 is 10.1 Å². The highest BCUT2D eigenvalue weighted by Crippen LogP contribution is 2.36. The van der Waals surface area contributed by atoms with Crippen LogP contribution in [-0.4, -0.2) is 41.8 Å². The molecule has 8 heteroatoms. The second-order valence-electron chi connectivity index (χ2n) is 5.66. The summed E-state index contributed by atoms with van der Waals surface area (Å²) in [7, 11) is 0. The topological polar surface area (TPSA) is 116 Å². The lowest BCUT2D eigenvalue weighted by Crippen LogP contribution is -2.36. The summed E-state index contributed by atoms with van der Waals surface area (Å²) in [6.07, 6.45) is -0.927. The van der Waals surface area contributed by atoms with E-state index in [0.717, 1.165) is 0 Å². The van der Waals surface area contributed by atoms with E-state index in [0.29, 0.717) is 6.54 Å². The smallest absolute Gasteiger partial charge is 0.307 e. The number of hydrogen-bond donors (Lipinski definition) is 1. The van der Waals surface area contributed by atoms with Crippen molar-refractivity contribution in [1.29, 1.82) is 0 Å². The molecule has 4 atom stereocenters. The van der Waals surface area contributed by atoms with Gasteiger partial charge in [0.05, 0.1) is 6.42 Å². The standard InChI is InChI=1S/C14H22N2O6/c1-4-15-14(19)9(3)22-13(18)6-10-11(7-16(20)21)8(2)5-12(10)17/h8-11H,4-7H2,1-3H3,(H,15,19)/t8-,9+,10+,11-/m1/s1. The van der Waals surface area contributed by atoms with Gasteiger partial charge in [-0.3, -0.25) is 24.5 Å². The summed E-state index contributed by atoms with van der Waals surface area (Å²) in [4.78, 5) is 45.5. The second-order valence-corrected chi connectivity index (χ2v) is 5.66. The first kappa shape index (κ1) is 18.1. The van der Waals surface area contributed by atoms with Crippen molar-refractivity contribution in [3.63, 3.8) is 0 Å². The highest BCUT2D eigenvalue weighted by atomic mass is 16.6. The van der Waals surface area contributed by atoms with Gasteiger partial charge in [0.1, 0.15) is 5.78 Å². The lowest BCUT2D eigenvalue weighted by molar-refractivity contribution is -0.490. The fraction of sp³-hybridized carbons (Fsp3) is 0.786. The van der Waals surface area contributed by atoms with Crippen LogP contribution < -0.4 is 5.32 Å². The number of esters is 1. The molecule has 0 spiro atoms. The van der Waals surface area contributed by atoms with Gasteiger partial charge >= 0.3 is 5.97 Å². The summed E-state index contributed by atoms with van der Waals surface area (Å²) >= 11 is 0. The first-order valence-electron chi connectivity index (χ1n) is 7.37. The molecule has 0 saturated heterocycles. The van der Waals surface area contributed by atoms with Crippen LogP contribution in [0.25, 0.3) is 0 Å². The van der Waals surface area contributed by atoms with Crippen LogP contribution >= 0.6 is 0 Å². The van der Waals surface area contributed by atoms with Crippen molar-refractivity contribution in [3.8, 4) is 0 Å². The number of nitrogens with one attached hydrogen (secondary N) is 1. The molecule has 0 aromatic carbocycles. The van der Waals surface area contributed by atoms with Gasteiger partial charge in [0.15, 0.2) is 6.10 Å². The molecule has 1 saturated carbocycles. The van der Waals surface area contributed by atoms with E-state index in [-0.39, 0.29) is 31.1 Å². The first-order chi connectivity index (χ1) is 10.3. The molecule has 124 valence electrons. The van der Waals surface area contributed by atoms with Gasteiger partial charge in [-0.25, -0.2) is 0 Å². The number of carbonyl (C=O) groups is 3. The van der Waals surface area contributed by atoms with E-state index in [2.05, 4.69) is 5.32 Å². The Morgan fingerprint density at radius 1 is 1.50 bits per heavy atom. The molecule has 1 amide bonds. The second kappa shape index (κ2) is 7.86. The monoisotopic (exact) mass is 314 g/mol. The number of ether oxygens (including phenoxy) is 1. The van der Waals surface area contributed by atoms with Crippen LogP contribution in [-0.2, 0) is 19.1 Å². The van der Waals surface area contributed by atoms with Crippen LogP contribution in [0.5, 0.6) is 0 Å². The molecule has 0 aliphatic heterocycles. The van der Waals surface area contributed by atoms with Gasteiger partial charge in [0.25, 0.3) is 5.91 Å². The van der Waals surface area contributed by atoms with Crippen LogP contribution in [0.3, 0.4) is 0 Å². The molecule has 0 bridgehead atoms. The predicted molar refractivity (Wildman–Crippen MR) is 76.5 cm³/mol. The van der Waals surface area contributed by atoms with Gasteiger partial charge in [-0.15, -0.1) is 0 Å². The number of hydrogen-bond acceptors (Lipinski definition) is 6. The Hall–Kier alpha value is -1.99. The Balaban J connectivity index is 2.62. The molecule has 8 nitrogen and oxygen atoms in total. The average Bonchev–Trinajstić information content (AvgIpc) is 2.65. The third kappa shape index (κ3) is 4.78. The van der Waals surface area contributed by atoms with E-state index in [1.165, 1.54) is 6.92 Å². The lowest BCUT2D eigenvalue weighted by atomic mass is 9.88. The van der Waals surface area contributed by atoms with Crippen molar-refractivity contribution in [1.82, 2.24) is 5.32 Å². The maximum Gasteiger partial charge on any atom is 0.307 e. The summed E-state index contributed by atoms with van der Waals surface area (Å²) in [5, 5.41) is 13.2. The molecular weight excluding hydrogens is 292 g/mol. The maximum atomic E-state index is 11.9. The molecule has 22 heavy (non-hydrogen) atoms. The molecule has 1 rings (SSSR count). The molecule has 0 heterocycles. The molecule has 0 aromatic heterocycles. The zero-order valence-electron chi connectivity index (χ0n) is 13.0. The van der Waals surface area contributed by atoms with Crippen molar-refractivity contribution < 1.29 is 24.0 Å². The highest BCUT2D eigenvalue weighted by molar-refractivity contribution is 5.89. The summed E-state index contributed by atoms with van der Waals surface area (Å²) in [6, 6.07) is 0. The van der Waals surface area contributed by atoms with E-state index in [1.54, 1.807) is 13.8 Å². The summed E-state index contributed by atoms with van der Waals surface area (Å²) in [5.74, 6) is -2.54. The normalized spacial score (nSPS) is 25.6. The van der Waals surface area contributed by atoms with Gasteiger partial charge in [0.2, 0.25) is 6.54 Å². The Kier molecular flexibility index (Phi) is 6.45. The molecule has 0 radical (unpaired) electrons. The van der Waals surface area contributed by atoms with Crippen molar-refractivity contribution in [2.24, 2.45) is 17.8 Å². The average molecular weight is 314 g/mol. The van der Waals surface area contributed by atoms with Crippen LogP contribution in [0.2, 0.25) is 0 Å². The Morgan fingerprint density at radius 2 is 2.14 bits per heavy atom. The van der Waals surface area contributed by atoms with E-state index < -0.39 is 34.7 Å². The Labute approximate surface area is 128 Å². The van der Waals surface area contributed by atoms with Gasteiger partial charge in [-0.05, 0) is 19.8 Å². The third-order valence-corrected chi connectivity index (χ3v) is 3.96. The predicted octanol–water partition coefficient (Wildman–Crippen LogP) is 0.562. The molecule has 1 aliphatic rings. The molecule has 1 N–H and O–H groups in total. The minimum absolute atomic E-state index is 0.128. The number of amides is 1. The largest absolute Gasteiger partial charge is 0.453 e. The quantitative estimate of drug-likeness (QED) is 0.417. The molecule has 1 fully saturated rings. The number of likely N-dealkylation sites (N-methyl/N-ethyl adjacent to an activating group) is 1. The number of Topliss-reactive ketones (excluding diaryl/α,β-unsaturated/α-hetero) is 1. The number of ketones is 1. The van der Waals surface area contributed by atoms with E-state index >= 15 is 0 Å². The van der Waals surface area contributed by atoms with Gasteiger partial charge in [-0.1, -0.05) is 6.92 Å². The summed E-state index contributed by atoms with van der Waals surface area (Å²) in [6.45, 7) is 5.04.